The standard InChI is InChI=1S/C16H21N5O2/c1-11-5-4-8-20(12(11)2)16(22)13-6-7-15(23-3)14(9-13)21-10-17-18-19-21/h6-7,9-12H,4-5,8H2,1-3H3/t11-,12-/m0/s1. The van der Waals surface area contributed by atoms with Crippen LogP contribution in [0.15, 0.2) is 24.5 Å². The highest BCUT2D eigenvalue weighted by Gasteiger charge is 2.29. The smallest absolute Gasteiger partial charge is 0.254 e. The van der Waals surface area contributed by atoms with Crippen molar-refractivity contribution in [1.29, 1.82) is 0 Å². The average molecular weight is 315 g/mol. The fourth-order valence-electron chi connectivity index (χ4n) is 3.06. The molecule has 1 aromatic heterocycles. The maximum absolute atomic E-state index is 12.9. The van der Waals surface area contributed by atoms with E-state index in [1.165, 1.54) is 17.4 Å². The number of carbonyl (C=O) groups excluding carboxylic acids is 1. The largest absolute Gasteiger partial charge is 0.494 e. The van der Waals surface area contributed by atoms with Crippen molar-refractivity contribution in [3.63, 3.8) is 0 Å². The number of hydrogen-bond acceptors (Lipinski definition) is 5. The number of ether oxygens (including phenoxy) is 1. The van der Waals surface area contributed by atoms with E-state index in [2.05, 4.69) is 29.4 Å². The third-order valence-corrected chi connectivity index (χ3v) is 4.66. The minimum Gasteiger partial charge on any atom is -0.494 e. The lowest BCUT2D eigenvalue weighted by atomic mass is 9.91. The molecule has 1 aliphatic heterocycles. The summed E-state index contributed by atoms with van der Waals surface area (Å²) in [6.07, 6.45) is 3.70. The average Bonchev–Trinajstić information content (AvgIpc) is 3.10. The Morgan fingerprint density at radius 3 is 2.87 bits per heavy atom. The van der Waals surface area contributed by atoms with Crippen molar-refractivity contribution in [3.8, 4) is 11.4 Å². The van der Waals surface area contributed by atoms with Gasteiger partial charge in [-0.3, -0.25) is 4.79 Å². The molecule has 1 fully saturated rings. The molecule has 1 saturated heterocycles. The number of carbonyl (C=O) groups is 1. The molecule has 1 aliphatic rings. The van der Waals surface area contributed by atoms with Crippen molar-refractivity contribution in [3.05, 3.63) is 30.1 Å². The Labute approximate surface area is 135 Å². The molecule has 1 amide bonds. The van der Waals surface area contributed by atoms with Gasteiger partial charge in [0, 0.05) is 18.2 Å². The first-order valence-electron chi connectivity index (χ1n) is 7.84. The van der Waals surface area contributed by atoms with Crippen molar-refractivity contribution in [2.45, 2.75) is 32.7 Å². The van der Waals surface area contributed by atoms with Gasteiger partial charge in [0.15, 0.2) is 0 Å². The van der Waals surface area contributed by atoms with E-state index in [9.17, 15) is 4.79 Å². The van der Waals surface area contributed by atoms with Crippen LogP contribution in [0.4, 0.5) is 0 Å². The molecule has 0 spiro atoms. The molecule has 0 saturated carbocycles. The predicted molar refractivity (Wildman–Crippen MR) is 84.6 cm³/mol. The summed E-state index contributed by atoms with van der Waals surface area (Å²) in [4.78, 5) is 14.9. The van der Waals surface area contributed by atoms with Crippen molar-refractivity contribution in [2.24, 2.45) is 5.92 Å². The summed E-state index contributed by atoms with van der Waals surface area (Å²) in [5.74, 6) is 1.18. The topological polar surface area (TPSA) is 73.1 Å². The van der Waals surface area contributed by atoms with Crippen molar-refractivity contribution >= 4 is 5.91 Å². The van der Waals surface area contributed by atoms with Gasteiger partial charge < -0.3 is 9.64 Å². The Kier molecular flexibility index (Phi) is 4.27. The Hall–Kier alpha value is -2.44. The van der Waals surface area contributed by atoms with Gasteiger partial charge in [-0.05, 0) is 54.3 Å². The Morgan fingerprint density at radius 2 is 2.17 bits per heavy atom. The van der Waals surface area contributed by atoms with E-state index in [0.717, 1.165) is 13.0 Å². The number of benzene rings is 1. The summed E-state index contributed by atoms with van der Waals surface area (Å²) < 4.78 is 6.84. The number of nitrogens with zero attached hydrogens (tertiary/aromatic N) is 5. The molecular formula is C16H21N5O2. The number of aromatic nitrogens is 4. The summed E-state index contributed by atoms with van der Waals surface area (Å²) in [6, 6.07) is 5.60. The molecule has 2 aromatic rings. The van der Waals surface area contributed by atoms with Crippen molar-refractivity contribution in [1.82, 2.24) is 25.1 Å². The number of likely N-dealkylation sites (tertiary alicyclic amines) is 1. The fourth-order valence-corrected chi connectivity index (χ4v) is 3.06. The highest BCUT2D eigenvalue weighted by atomic mass is 16.5. The maximum atomic E-state index is 12.9. The highest BCUT2D eigenvalue weighted by molar-refractivity contribution is 5.95. The van der Waals surface area contributed by atoms with Crippen LogP contribution in [0.5, 0.6) is 5.75 Å². The number of rotatable bonds is 3. The highest BCUT2D eigenvalue weighted by Crippen LogP contribution is 2.27. The van der Waals surface area contributed by atoms with Crippen LogP contribution in [0, 0.1) is 5.92 Å². The summed E-state index contributed by atoms with van der Waals surface area (Å²) in [6.45, 7) is 5.12. The molecule has 0 bridgehead atoms. The number of piperidine rings is 1. The van der Waals surface area contributed by atoms with E-state index in [1.54, 1.807) is 25.3 Å². The normalized spacial score (nSPS) is 21.3. The SMILES string of the molecule is COc1ccc(C(=O)N2CCC[C@H](C)[C@@H]2C)cc1-n1cnnn1. The minimum absolute atomic E-state index is 0.0426. The van der Waals surface area contributed by atoms with Crippen molar-refractivity contribution in [2.75, 3.05) is 13.7 Å². The number of methoxy groups -OCH3 is 1. The molecule has 2 heterocycles. The van der Waals surface area contributed by atoms with Gasteiger partial charge in [-0.25, -0.2) is 0 Å². The Balaban J connectivity index is 1.94. The molecular weight excluding hydrogens is 294 g/mol. The summed E-state index contributed by atoms with van der Waals surface area (Å²) in [5.41, 5.74) is 1.28. The van der Waals surface area contributed by atoms with Crippen LogP contribution < -0.4 is 4.74 Å². The second kappa shape index (κ2) is 6.36. The molecule has 23 heavy (non-hydrogen) atoms. The van der Waals surface area contributed by atoms with Gasteiger partial charge in [0.25, 0.3) is 5.91 Å². The molecule has 0 N–H and O–H groups in total. The lowest BCUT2D eigenvalue weighted by Gasteiger charge is -2.38. The van der Waals surface area contributed by atoms with Gasteiger partial charge in [-0.15, -0.1) is 5.10 Å². The number of tetrazole rings is 1. The van der Waals surface area contributed by atoms with Gasteiger partial charge in [0.2, 0.25) is 0 Å². The Bertz CT molecular complexity index is 686. The maximum Gasteiger partial charge on any atom is 0.254 e. The third kappa shape index (κ3) is 2.91. The second-order valence-electron chi connectivity index (χ2n) is 6.00. The first-order valence-corrected chi connectivity index (χ1v) is 7.84. The molecule has 1 aromatic carbocycles. The van der Waals surface area contributed by atoms with Crippen LogP contribution in [0.1, 0.15) is 37.0 Å². The van der Waals surface area contributed by atoms with Crippen LogP contribution in [-0.4, -0.2) is 50.7 Å². The van der Waals surface area contributed by atoms with Gasteiger partial charge in [-0.2, -0.15) is 4.68 Å². The van der Waals surface area contributed by atoms with Crippen LogP contribution in [0.3, 0.4) is 0 Å². The van der Waals surface area contributed by atoms with E-state index in [4.69, 9.17) is 4.74 Å². The second-order valence-corrected chi connectivity index (χ2v) is 6.00. The lowest BCUT2D eigenvalue weighted by Crippen LogP contribution is -2.46. The molecule has 122 valence electrons. The molecule has 0 radical (unpaired) electrons. The summed E-state index contributed by atoms with van der Waals surface area (Å²) in [5, 5.41) is 11.2. The van der Waals surface area contributed by atoms with Crippen LogP contribution >= 0.6 is 0 Å². The van der Waals surface area contributed by atoms with E-state index in [-0.39, 0.29) is 11.9 Å². The number of hydrogen-bond donors (Lipinski definition) is 0. The van der Waals surface area contributed by atoms with E-state index < -0.39 is 0 Å². The molecule has 0 aliphatic carbocycles. The molecule has 3 rings (SSSR count). The van der Waals surface area contributed by atoms with Gasteiger partial charge in [-0.1, -0.05) is 6.92 Å². The minimum atomic E-state index is 0.0426. The zero-order valence-corrected chi connectivity index (χ0v) is 13.6. The van der Waals surface area contributed by atoms with Gasteiger partial charge >= 0.3 is 0 Å². The molecule has 2 atom stereocenters. The summed E-state index contributed by atoms with van der Waals surface area (Å²) in [7, 11) is 1.58. The zero-order chi connectivity index (χ0) is 16.4. The molecule has 7 heteroatoms. The predicted octanol–water partition coefficient (Wildman–Crippen LogP) is 1.93. The van der Waals surface area contributed by atoms with E-state index in [0.29, 0.717) is 22.9 Å². The monoisotopic (exact) mass is 315 g/mol. The molecule has 0 unspecified atom stereocenters. The van der Waals surface area contributed by atoms with E-state index >= 15 is 0 Å². The quantitative estimate of drug-likeness (QED) is 0.865. The first kappa shape index (κ1) is 15.5. The number of amides is 1. The van der Waals surface area contributed by atoms with Crippen LogP contribution in [-0.2, 0) is 0 Å². The fraction of sp³-hybridized carbons (Fsp3) is 0.500. The first-order chi connectivity index (χ1) is 11.1. The molecule has 7 nitrogen and oxygen atoms in total. The summed E-state index contributed by atoms with van der Waals surface area (Å²) >= 11 is 0. The Morgan fingerprint density at radius 1 is 1.35 bits per heavy atom. The van der Waals surface area contributed by atoms with E-state index in [1.807, 2.05) is 4.90 Å². The zero-order valence-electron chi connectivity index (χ0n) is 13.6. The van der Waals surface area contributed by atoms with Gasteiger partial charge in [0.05, 0.1) is 7.11 Å². The van der Waals surface area contributed by atoms with Crippen LogP contribution in [0.25, 0.3) is 5.69 Å². The van der Waals surface area contributed by atoms with Crippen LogP contribution in [0.2, 0.25) is 0 Å². The van der Waals surface area contributed by atoms with Crippen molar-refractivity contribution < 1.29 is 9.53 Å². The lowest BCUT2D eigenvalue weighted by molar-refractivity contribution is 0.0551. The van der Waals surface area contributed by atoms with Gasteiger partial charge in [0.1, 0.15) is 17.8 Å². The third-order valence-electron chi connectivity index (χ3n) is 4.66.